The number of methoxy groups -OCH3 is 1. The number of nitrogens with zero attached hydrogens (tertiary/aromatic N) is 1. The van der Waals surface area contributed by atoms with Crippen LogP contribution in [0.4, 0.5) is 0 Å². The van der Waals surface area contributed by atoms with E-state index in [9.17, 15) is 0 Å². The van der Waals surface area contributed by atoms with Crippen molar-refractivity contribution in [2.75, 3.05) is 7.11 Å². The van der Waals surface area contributed by atoms with E-state index in [4.69, 9.17) is 4.74 Å². The van der Waals surface area contributed by atoms with Crippen LogP contribution in [0.3, 0.4) is 0 Å². The summed E-state index contributed by atoms with van der Waals surface area (Å²) in [5.74, 6) is 0.918. The van der Waals surface area contributed by atoms with Crippen molar-refractivity contribution in [1.29, 1.82) is 0 Å². The summed E-state index contributed by atoms with van der Waals surface area (Å²) >= 11 is 0. The minimum Gasteiger partial charge on any atom is -0.496 e. The number of aryl methyl sites for hydroxylation is 1. The fraction of sp³-hybridized carbons (Fsp3) is 0.267. The minimum absolute atomic E-state index is 0.918. The predicted octanol–water partition coefficient (Wildman–Crippen LogP) is 2.67. The van der Waals surface area contributed by atoms with E-state index in [2.05, 4.69) is 35.4 Å². The van der Waals surface area contributed by atoms with E-state index >= 15 is 0 Å². The molecule has 0 fully saturated rings. The lowest BCUT2D eigenvalue weighted by Gasteiger charge is -2.08. The van der Waals surface area contributed by atoms with E-state index in [0.717, 1.165) is 35.7 Å². The molecule has 3 nitrogen and oxygen atoms in total. The van der Waals surface area contributed by atoms with Gasteiger partial charge in [-0.05, 0) is 47.9 Å². The Kier molecular flexibility index (Phi) is 2.76. The molecule has 1 aromatic carbocycles. The number of benzene rings is 1. The molecule has 0 bridgehead atoms. The zero-order valence-corrected chi connectivity index (χ0v) is 10.7. The Labute approximate surface area is 107 Å². The Morgan fingerprint density at radius 2 is 2.00 bits per heavy atom. The van der Waals surface area contributed by atoms with Gasteiger partial charge in [0.1, 0.15) is 5.75 Å². The highest BCUT2D eigenvalue weighted by molar-refractivity contribution is 5.63. The van der Waals surface area contributed by atoms with Crippen LogP contribution in [0, 0.1) is 6.92 Å². The van der Waals surface area contributed by atoms with Gasteiger partial charge in [0.15, 0.2) is 0 Å². The second kappa shape index (κ2) is 4.42. The van der Waals surface area contributed by atoms with Crippen LogP contribution in [0.2, 0.25) is 0 Å². The van der Waals surface area contributed by atoms with E-state index in [1.807, 2.05) is 12.3 Å². The number of rotatable bonds is 2. The van der Waals surface area contributed by atoms with Crippen molar-refractivity contribution in [3.05, 3.63) is 47.2 Å². The topological polar surface area (TPSA) is 34.1 Å². The van der Waals surface area contributed by atoms with E-state index in [-0.39, 0.29) is 0 Å². The zero-order chi connectivity index (χ0) is 12.5. The Bertz CT molecular complexity index is 593. The highest BCUT2D eigenvalue weighted by Crippen LogP contribution is 2.26. The van der Waals surface area contributed by atoms with Crippen LogP contribution in [0.1, 0.15) is 16.7 Å². The monoisotopic (exact) mass is 240 g/mol. The Morgan fingerprint density at radius 3 is 2.78 bits per heavy atom. The van der Waals surface area contributed by atoms with Crippen molar-refractivity contribution in [3.8, 4) is 17.0 Å². The fourth-order valence-electron chi connectivity index (χ4n) is 2.38. The van der Waals surface area contributed by atoms with Crippen molar-refractivity contribution in [2.24, 2.45) is 0 Å². The number of hydrogen-bond acceptors (Lipinski definition) is 3. The lowest BCUT2D eigenvalue weighted by atomic mass is 10.0. The summed E-state index contributed by atoms with van der Waals surface area (Å²) < 4.78 is 5.28. The second-order valence-corrected chi connectivity index (χ2v) is 4.63. The first kappa shape index (κ1) is 11.2. The largest absolute Gasteiger partial charge is 0.496 e. The van der Waals surface area contributed by atoms with Gasteiger partial charge in [-0.1, -0.05) is 0 Å². The smallest absolute Gasteiger partial charge is 0.121 e. The quantitative estimate of drug-likeness (QED) is 0.876. The average Bonchev–Trinajstić information content (AvgIpc) is 2.85. The molecule has 2 heterocycles. The Morgan fingerprint density at radius 1 is 1.17 bits per heavy atom. The summed E-state index contributed by atoms with van der Waals surface area (Å²) in [5.41, 5.74) is 5.97. The summed E-state index contributed by atoms with van der Waals surface area (Å²) in [5, 5.41) is 3.34. The molecule has 3 heteroatoms. The van der Waals surface area contributed by atoms with Gasteiger partial charge < -0.3 is 10.1 Å². The van der Waals surface area contributed by atoms with E-state index in [0.29, 0.717) is 0 Å². The third kappa shape index (κ3) is 1.87. The second-order valence-electron chi connectivity index (χ2n) is 4.63. The number of ether oxygens (including phenoxy) is 1. The predicted molar refractivity (Wildman–Crippen MR) is 71.5 cm³/mol. The van der Waals surface area contributed by atoms with Crippen molar-refractivity contribution >= 4 is 0 Å². The third-order valence-corrected chi connectivity index (χ3v) is 3.40. The molecule has 92 valence electrons. The molecule has 0 aliphatic carbocycles. The van der Waals surface area contributed by atoms with Crippen LogP contribution in [-0.4, -0.2) is 12.1 Å². The number of pyridine rings is 1. The highest BCUT2D eigenvalue weighted by Gasteiger charge is 2.12. The van der Waals surface area contributed by atoms with Gasteiger partial charge >= 0.3 is 0 Å². The van der Waals surface area contributed by atoms with Gasteiger partial charge in [0.2, 0.25) is 0 Å². The zero-order valence-electron chi connectivity index (χ0n) is 10.7. The average molecular weight is 240 g/mol. The fourth-order valence-corrected chi connectivity index (χ4v) is 2.38. The molecule has 18 heavy (non-hydrogen) atoms. The standard InChI is InChI=1S/C15H16N2O/c1-10-5-11(3-4-15(10)18-2)14-6-12-7-16-8-13(12)9-17-14/h3-6,9,16H,7-8H2,1-2H3. The van der Waals surface area contributed by atoms with Gasteiger partial charge in [-0.25, -0.2) is 0 Å². The van der Waals surface area contributed by atoms with Crippen LogP contribution in [0.25, 0.3) is 11.3 Å². The molecule has 1 aliphatic heterocycles. The number of fused-ring (bicyclic) bond motifs is 1. The minimum atomic E-state index is 0.918. The summed E-state index contributed by atoms with van der Waals surface area (Å²) in [6.45, 7) is 3.93. The summed E-state index contributed by atoms with van der Waals surface area (Å²) in [6, 6.07) is 8.35. The van der Waals surface area contributed by atoms with Gasteiger partial charge in [0.25, 0.3) is 0 Å². The highest BCUT2D eigenvalue weighted by atomic mass is 16.5. The van der Waals surface area contributed by atoms with Crippen molar-refractivity contribution < 1.29 is 4.74 Å². The number of aromatic nitrogens is 1. The van der Waals surface area contributed by atoms with Crippen LogP contribution in [0.5, 0.6) is 5.75 Å². The van der Waals surface area contributed by atoms with Gasteiger partial charge in [-0.15, -0.1) is 0 Å². The normalized spacial score (nSPS) is 13.4. The molecule has 0 saturated heterocycles. The van der Waals surface area contributed by atoms with Crippen LogP contribution < -0.4 is 10.1 Å². The van der Waals surface area contributed by atoms with Gasteiger partial charge in [0, 0.05) is 24.8 Å². The molecular formula is C15H16N2O. The van der Waals surface area contributed by atoms with E-state index in [1.165, 1.54) is 11.1 Å². The van der Waals surface area contributed by atoms with Crippen molar-refractivity contribution in [2.45, 2.75) is 20.0 Å². The lowest BCUT2D eigenvalue weighted by molar-refractivity contribution is 0.412. The molecule has 3 rings (SSSR count). The van der Waals surface area contributed by atoms with Crippen molar-refractivity contribution in [1.82, 2.24) is 10.3 Å². The first-order valence-electron chi connectivity index (χ1n) is 6.11. The molecule has 0 unspecified atom stereocenters. The molecule has 0 amide bonds. The van der Waals surface area contributed by atoms with E-state index < -0.39 is 0 Å². The summed E-state index contributed by atoms with van der Waals surface area (Å²) in [7, 11) is 1.70. The number of hydrogen-bond donors (Lipinski definition) is 1. The maximum atomic E-state index is 5.28. The first-order chi connectivity index (χ1) is 8.78. The molecule has 1 aromatic heterocycles. The van der Waals surface area contributed by atoms with Crippen LogP contribution in [-0.2, 0) is 13.1 Å². The Hall–Kier alpha value is -1.87. The molecule has 0 radical (unpaired) electrons. The van der Waals surface area contributed by atoms with E-state index in [1.54, 1.807) is 7.11 Å². The molecule has 0 spiro atoms. The maximum absolute atomic E-state index is 5.28. The Balaban J connectivity index is 2.02. The lowest BCUT2D eigenvalue weighted by Crippen LogP contribution is -1.99. The van der Waals surface area contributed by atoms with Gasteiger partial charge in [0.05, 0.1) is 12.8 Å². The van der Waals surface area contributed by atoms with Gasteiger partial charge in [-0.3, -0.25) is 4.98 Å². The summed E-state index contributed by atoms with van der Waals surface area (Å²) in [4.78, 5) is 4.54. The maximum Gasteiger partial charge on any atom is 0.121 e. The van der Waals surface area contributed by atoms with Crippen LogP contribution >= 0.6 is 0 Å². The summed E-state index contributed by atoms with van der Waals surface area (Å²) in [6.07, 6.45) is 1.98. The molecule has 2 aromatic rings. The first-order valence-corrected chi connectivity index (χ1v) is 6.11. The third-order valence-electron chi connectivity index (χ3n) is 3.40. The molecule has 0 saturated carbocycles. The number of nitrogens with one attached hydrogen (secondary N) is 1. The SMILES string of the molecule is COc1ccc(-c2cc3c(cn2)CNC3)cc1C. The molecule has 0 atom stereocenters. The van der Waals surface area contributed by atoms with Crippen LogP contribution in [0.15, 0.2) is 30.5 Å². The molecule has 1 aliphatic rings. The molecule has 1 N–H and O–H groups in total. The van der Waals surface area contributed by atoms with Gasteiger partial charge in [-0.2, -0.15) is 0 Å². The van der Waals surface area contributed by atoms with Crippen molar-refractivity contribution in [3.63, 3.8) is 0 Å². The molecular weight excluding hydrogens is 224 g/mol.